The average molecular weight is 417 g/mol. The summed E-state index contributed by atoms with van der Waals surface area (Å²) in [6.07, 6.45) is 1.62. The van der Waals surface area contributed by atoms with Gasteiger partial charge in [-0.2, -0.15) is 6.41 Å². The second-order valence-electron chi connectivity index (χ2n) is 3.12. The van der Waals surface area contributed by atoms with Crippen molar-refractivity contribution in [1.29, 1.82) is 0 Å². The summed E-state index contributed by atoms with van der Waals surface area (Å²) >= 11 is 0. The van der Waals surface area contributed by atoms with Crippen LogP contribution in [0.5, 0.6) is 0 Å². The van der Waals surface area contributed by atoms with Gasteiger partial charge in [-0.1, -0.05) is 20.8 Å². The quantitative estimate of drug-likeness (QED) is 0.388. The van der Waals surface area contributed by atoms with E-state index in [1.54, 1.807) is 6.41 Å². The molecule has 0 aromatic carbocycles. The van der Waals surface area contributed by atoms with Crippen LogP contribution in [0.15, 0.2) is 0 Å². The van der Waals surface area contributed by atoms with Crippen LogP contribution in [0.2, 0.25) is 0 Å². The Balaban J connectivity index is -0.000000177. The van der Waals surface area contributed by atoms with Crippen molar-refractivity contribution >= 4 is 12.9 Å². The molecule has 0 bridgehead atoms. The Morgan fingerprint density at radius 2 is 1.83 bits per heavy atom. The van der Waals surface area contributed by atoms with E-state index in [2.05, 4.69) is 26.1 Å². The molecule has 0 radical (unpaired) electrons. The van der Waals surface area contributed by atoms with Crippen molar-refractivity contribution in [1.82, 2.24) is 5.32 Å². The van der Waals surface area contributed by atoms with Crippen molar-refractivity contribution in [3.63, 3.8) is 0 Å². The molecule has 0 aliphatic carbocycles. The van der Waals surface area contributed by atoms with E-state index in [1.165, 1.54) is 0 Å². The molecule has 4 nitrogen and oxygen atoms in total. The van der Waals surface area contributed by atoms with Crippen molar-refractivity contribution in [2.45, 2.75) is 20.8 Å². The van der Waals surface area contributed by atoms with E-state index >= 15 is 0 Å². The largest absolute Gasteiger partial charge is 0.529 e. The minimum absolute atomic E-state index is 0. The summed E-state index contributed by atoms with van der Waals surface area (Å²) in [5.41, 5.74) is 0.178. The van der Waals surface area contributed by atoms with Crippen molar-refractivity contribution in [3.8, 4) is 0 Å². The molecule has 0 saturated carbocycles. The molecule has 0 rings (SSSR count). The fourth-order valence-corrected chi connectivity index (χ4v) is 0.301. The number of hydrogen-bond acceptors (Lipinski definition) is 2. The van der Waals surface area contributed by atoms with E-state index in [4.69, 9.17) is 9.90 Å². The maximum absolute atomic E-state index is 9.62. The first-order chi connectivity index (χ1) is 4.97. The van der Waals surface area contributed by atoms with E-state index < -0.39 is 0 Å². The van der Waals surface area contributed by atoms with Gasteiger partial charge < -0.3 is 15.2 Å². The summed E-state index contributed by atoms with van der Waals surface area (Å²) in [4.78, 5) is 18.0. The number of hydrogen-bond donors (Lipinski definition) is 2. The van der Waals surface area contributed by atoms with Gasteiger partial charge in [0.1, 0.15) is 0 Å². The van der Waals surface area contributed by atoms with Crippen LogP contribution in [-0.2, 0) is 9.59 Å². The Morgan fingerprint density at radius 3 is 1.92 bits per heavy atom. The van der Waals surface area contributed by atoms with Crippen LogP contribution in [0, 0.1) is 5.41 Å². The first kappa shape index (κ1) is 16.5. The molecule has 0 fully saturated rings. The number of carboxylic acid groups (broad SMARTS) is 1. The number of carbonyl (C=O) groups excluding carboxylic acids is 1. The fraction of sp³-hybridized carbons (Fsp3) is 0.714. The Kier molecular flexibility index (Phi) is 12.3. The molecule has 0 heterocycles. The van der Waals surface area contributed by atoms with E-state index in [0.29, 0.717) is 6.54 Å². The minimum atomic E-state index is -0.250. The van der Waals surface area contributed by atoms with Gasteiger partial charge in [0, 0.05) is 0 Å². The zero-order chi connectivity index (χ0) is 9.33. The summed E-state index contributed by atoms with van der Waals surface area (Å²) in [5, 5.41) is 9.37. The van der Waals surface area contributed by atoms with Gasteiger partial charge in [0.15, 0.2) is 0 Å². The normalized spacial score (nSPS) is 8.25. The Hall–Kier alpha value is -2.06. The van der Waals surface area contributed by atoms with E-state index in [1.807, 2.05) is 0 Å². The number of rotatable bonds is 2. The van der Waals surface area contributed by atoms with E-state index in [-0.39, 0.29) is 11.9 Å². The first-order valence-corrected chi connectivity index (χ1v) is 3.16. The Labute approximate surface area is 66.6 Å². The van der Waals surface area contributed by atoms with Gasteiger partial charge >= 0.3 is 0 Å². The standard InChI is InChI=1S/C6H12NO.CH2O2.Fm/c1-6(2,3)4-7-5-8;2-1-3;/h4H2,1-3H3,(H,7,8);1H,(H,2,3);/q-1;;. The molecule has 0 aliphatic heterocycles. The Bertz CT molecular complexity index is 112. The number of carbonyl (C=O) groups is 1. The Morgan fingerprint density at radius 1 is 1.50 bits per heavy atom. The predicted octanol–water partition coefficient (Wildman–Crippen LogP) is 0.390. The van der Waals surface area contributed by atoms with E-state index in [0.717, 1.165) is 0 Å². The SMILES string of the molecule is CC(C)(C)CN[C-]=O.O=CO.[Fm]. The van der Waals surface area contributed by atoms with Gasteiger partial charge in [-0.25, -0.2) is 0 Å². The molecular formula is C7H14FmNO3-. The maximum Gasteiger partial charge on any atom is 0.290 e. The van der Waals surface area contributed by atoms with Gasteiger partial charge in [0.2, 0.25) is 0 Å². The van der Waals surface area contributed by atoms with Crippen LogP contribution in [-0.4, -0.2) is 24.5 Å². The molecule has 0 spiro atoms. The summed E-state index contributed by atoms with van der Waals surface area (Å²) in [7, 11) is 0. The van der Waals surface area contributed by atoms with Crippen LogP contribution in [0.3, 0.4) is 0 Å². The monoisotopic (exact) mass is 417 g/mol. The molecule has 2 N–H and O–H groups in total. The molecule has 0 aliphatic rings. The molecule has 0 aromatic rings. The van der Waals surface area contributed by atoms with Crippen LogP contribution in [0.25, 0.3) is 0 Å². The molecule has 0 unspecified atom stereocenters. The summed E-state index contributed by atoms with van der Waals surface area (Å²) in [5.74, 6) is 0. The smallest absolute Gasteiger partial charge is 0.290 e. The van der Waals surface area contributed by atoms with Gasteiger partial charge in [-0.05, 0) is 12.0 Å². The average Bonchev–Trinajstić information content (AvgIpc) is 1.84. The first-order valence-electron chi connectivity index (χ1n) is 3.16. The molecule has 0 saturated heterocycles. The molecule has 1 amide bonds. The van der Waals surface area contributed by atoms with Gasteiger partial charge in [0.05, 0.1) is 0 Å². The van der Waals surface area contributed by atoms with Gasteiger partial charge in [-0.3, -0.25) is 4.79 Å². The van der Waals surface area contributed by atoms with Crippen molar-refractivity contribution in [2.75, 3.05) is 6.54 Å². The summed E-state index contributed by atoms with van der Waals surface area (Å²) in [6.45, 7) is 6.60. The van der Waals surface area contributed by atoms with Crippen LogP contribution in [0.4, 0.5) is 0 Å². The maximum atomic E-state index is 9.62. The minimum Gasteiger partial charge on any atom is -0.529 e. The zero-order valence-corrected chi connectivity index (χ0v) is 9.74. The summed E-state index contributed by atoms with van der Waals surface area (Å²) in [6, 6.07) is 0. The molecule has 0 aromatic heterocycles. The fourth-order valence-electron chi connectivity index (χ4n) is 0.301. The van der Waals surface area contributed by atoms with Gasteiger partial charge in [0.25, 0.3) is 6.47 Å². The number of amides is 1. The van der Waals surface area contributed by atoms with Crippen molar-refractivity contribution < 1.29 is 14.7 Å². The molecular weight excluding hydrogens is 403 g/mol. The zero-order valence-electron chi connectivity index (χ0n) is 7.34. The van der Waals surface area contributed by atoms with Gasteiger partial charge in [-0.15, -0.1) is 0 Å². The molecule has 5 heteroatoms. The van der Waals surface area contributed by atoms with Crippen LogP contribution in [0.1, 0.15) is 20.8 Å². The predicted molar refractivity (Wildman–Crippen MR) is 41.8 cm³/mol. The molecule has 12 heavy (non-hydrogen) atoms. The third-order valence-corrected chi connectivity index (χ3v) is 0.691. The van der Waals surface area contributed by atoms with E-state index in [9.17, 15) is 4.79 Å². The third-order valence-electron chi connectivity index (χ3n) is 0.691. The topological polar surface area (TPSA) is 66.4 Å². The molecule has 78 valence electrons. The molecule has 0 atom stereocenters. The third kappa shape index (κ3) is 44.2. The van der Waals surface area contributed by atoms with Crippen molar-refractivity contribution in [2.24, 2.45) is 5.41 Å². The number of nitrogens with one attached hydrogen (secondary N) is 1. The second kappa shape index (κ2) is 8.94. The van der Waals surface area contributed by atoms with Crippen LogP contribution < -0.4 is 5.32 Å². The summed E-state index contributed by atoms with van der Waals surface area (Å²) < 4.78 is 0. The van der Waals surface area contributed by atoms with Crippen LogP contribution >= 0.6 is 0 Å². The second-order valence-corrected chi connectivity index (χ2v) is 3.12. The van der Waals surface area contributed by atoms with Crippen molar-refractivity contribution in [3.05, 3.63) is 0 Å².